The van der Waals surface area contributed by atoms with Gasteiger partial charge < -0.3 is 20.1 Å². The first-order valence-corrected chi connectivity index (χ1v) is 7.99. The van der Waals surface area contributed by atoms with Crippen LogP contribution in [0.2, 0.25) is 0 Å². The summed E-state index contributed by atoms with van der Waals surface area (Å²) in [5.41, 5.74) is 2.27. The Balaban J connectivity index is 1.74. The Bertz CT molecular complexity index is 657. The van der Waals surface area contributed by atoms with Gasteiger partial charge in [0, 0.05) is 13.6 Å². The molecule has 0 atom stereocenters. The van der Waals surface area contributed by atoms with Crippen molar-refractivity contribution in [3.8, 4) is 11.5 Å². The number of methoxy groups -OCH3 is 1. The molecule has 0 saturated carbocycles. The van der Waals surface area contributed by atoms with Crippen LogP contribution >= 0.6 is 0 Å². The number of hydrogen-bond acceptors (Lipinski definition) is 3. The first-order valence-electron chi connectivity index (χ1n) is 7.99. The zero-order chi connectivity index (χ0) is 17.2. The summed E-state index contributed by atoms with van der Waals surface area (Å²) in [7, 11) is 3.44. The molecule has 0 aliphatic rings. The number of ether oxygens (including phenoxy) is 2. The number of para-hydroxylation sites is 1. The molecule has 0 bridgehead atoms. The van der Waals surface area contributed by atoms with E-state index in [1.54, 1.807) is 14.2 Å². The topological polar surface area (TPSA) is 54.9 Å². The summed E-state index contributed by atoms with van der Waals surface area (Å²) in [6, 6.07) is 15.9. The van der Waals surface area contributed by atoms with Crippen molar-refractivity contribution in [2.75, 3.05) is 27.3 Å². The molecular formula is C19H25N3O2. The van der Waals surface area contributed by atoms with Gasteiger partial charge in [0.2, 0.25) is 0 Å². The number of nitrogens with zero attached hydrogens (tertiary/aromatic N) is 1. The molecule has 5 heteroatoms. The Morgan fingerprint density at radius 1 is 1.08 bits per heavy atom. The minimum atomic E-state index is 0.572. The van der Waals surface area contributed by atoms with Crippen LogP contribution in [-0.2, 0) is 6.54 Å². The van der Waals surface area contributed by atoms with Gasteiger partial charge in [0.15, 0.2) is 5.96 Å². The second-order valence-electron chi connectivity index (χ2n) is 5.32. The van der Waals surface area contributed by atoms with E-state index in [9.17, 15) is 0 Å². The molecule has 0 aliphatic heterocycles. The molecule has 2 aromatic carbocycles. The van der Waals surface area contributed by atoms with E-state index in [4.69, 9.17) is 9.47 Å². The van der Waals surface area contributed by atoms with Crippen molar-refractivity contribution in [2.45, 2.75) is 13.5 Å². The van der Waals surface area contributed by atoms with Crippen molar-refractivity contribution in [3.05, 3.63) is 59.7 Å². The number of guanidine groups is 1. The molecule has 2 rings (SSSR count). The molecule has 5 nitrogen and oxygen atoms in total. The average molecular weight is 327 g/mol. The molecule has 0 fully saturated rings. The van der Waals surface area contributed by atoms with Crippen LogP contribution in [0, 0.1) is 6.92 Å². The highest BCUT2D eigenvalue weighted by Gasteiger charge is 2.02. The third-order valence-corrected chi connectivity index (χ3v) is 3.56. The number of rotatable bonds is 7. The molecule has 2 aromatic rings. The van der Waals surface area contributed by atoms with Crippen LogP contribution < -0.4 is 20.1 Å². The highest BCUT2D eigenvalue weighted by Crippen LogP contribution is 2.18. The normalized spacial score (nSPS) is 11.0. The summed E-state index contributed by atoms with van der Waals surface area (Å²) in [5, 5.41) is 6.52. The number of hydrogen-bond donors (Lipinski definition) is 2. The molecule has 0 unspecified atom stereocenters. The molecule has 128 valence electrons. The predicted octanol–water partition coefficient (Wildman–Crippen LogP) is 2.75. The molecule has 2 N–H and O–H groups in total. The van der Waals surface area contributed by atoms with Gasteiger partial charge >= 0.3 is 0 Å². The molecule has 0 radical (unpaired) electrons. The lowest BCUT2D eigenvalue weighted by molar-refractivity contribution is 0.322. The van der Waals surface area contributed by atoms with E-state index >= 15 is 0 Å². The molecule has 0 saturated heterocycles. The number of aryl methyl sites for hydroxylation is 1. The lowest BCUT2D eigenvalue weighted by Crippen LogP contribution is -2.38. The lowest BCUT2D eigenvalue weighted by Gasteiger charge is -2.13. The third-order valence-electron chi connectivity index (χ3n) is 3.56. The first-order chi connectivity index (χ1) is 11.7. The van der Waals surface area contributed by atoms with E-state index in [0.29, 0.717) is 19.7 Å². The van der Waals surface area contributed by atoms with Gasteiger partial charge in [0.05, 0.1) is 13.7 Å². The molecule has 0 aliphatic carbocycles. The van der Waals surface area contributed by atoms with Crippen molar-refractivity contribution in [2.24, 2.45) is 4.99 Å². The molecule has 0 heterocycles. The Morgan fingerprint density at radius 3 is 2.58 bits per heavy atom. The van der Waals surface area contributed by atoms with Gasteiger partial charge in [0.25, 0.3) is 0 Å². The van der Waals surface area contributed by atoms with Crippen LogP contribution in [0.15, 0.2) is 53.5 Å². The summed E-state index contributed by atoms with van der Waals surface area (Å²) in [4.78, 5) is 4.22. The van der Waals surface area contributed by atoms with Gasteiger partial charge in [-0.3, -0.25) is 4.99 Å². The summed E-state index contributed by atoms with van der Waals surface area (Å²) in [6.45, 7) is 3.95. The van der Waals surface area contributed by atoms with Gasteiger partial charge in [-0.25, -0.2) is 0 Å². The maximum Gasteiger partial charge on any atom is 0.191 e. The summed E-state index contributed by atoms with van der Waals surface area (Å²) >= 11 is 0. The van der Waals surface area contributed by atoms with Gasteiger partial charge in [-0.1, -0.05) is 30.3 Å². The van der Waals surface area contributed by atoms with Crippen LogP contribution in [-0.4, -0.2) is 33.3 Å². The maximum atomic E-state index is 5.65. The largest absolute Gasteiger partial charge is 0.496 e. The summed E-state index contributed by atoms with van der Waals surface area (Å²) in [5.74, 6) is 2.51. The monoisotopic (exact) mass is 327 g/mol. The molecule has 24 heavy (non-hydrogen) atoms. The molecule has 0 aromatic heterocycles. The smallest absolute Gasteiger partial charge is 0.191 e. The van der Waals surface area contributed by atoms with Gasteiger partial charge in [-0.2, -0.15) is 0 Å². The predicted molar refractivity (Wildman–Crippen MR) is 97.9 cm³/mol. The van der Waals surface area contributed by atoms with Crippen molar-refractivity contribution in [3.63, 3.8) is 0 Å². The van der Waals surface area contributed by atoms with E-state index in [2.05, 4.69) is 27.8 Å². The van der Waals surface area contributed by atoms with E-state index in [-0.39, 0.29) is 0 Å². The highest BCUT2D eigenvalue weighted by molar-refractivity contribution is 5.79. The second kappa shape index (κ2) is 9.45. The maximum absolute atomic E-state index is 5.65. The lowest BCUT2D eigenvalue weighted by atomic mass is 10.1. The van der Waals surface area contributed by atoms with Gasteiger partial charge in [-0.15, -0.1) is 0 Å². The van der Waals surface area contributed by atoms with Crippen LogP contribution in [0.1, 0.15) is 11.1 Å². The highest BCUT2D eigenvalue weighted by atomic mass is 16.5. The Kier molecular flexibility index (Phi) is 6.95. The molecular weight excluding hydrogens is 302 g/mol. The number of aliphatic imine (C=N–C) groups is 1. The minimum Gasteiger partial charge on any atom is -0.496 e. The van der Waals surface area contributed by atoms with Crippen LogP contribution in [0.4, 0.5) is 0 Å². The summed E-state index contributed by atoms with van der Waals surface area (Å²) in [6.07, 6.45) is 0. The van der Waals surface area contributed by atoms with Crippen LogP contribution in [0.5, 0.6) is 11.5 Å². The fourth-order valence-corrected chi connectivity index (χ4v) is 2.24. The second-order valence-corrected chi connectivity index (χ2v) is 5.32. The quantitative estimate of drug-likeness (QED) is 0.466. The number of nitrogens with one attached hydrogen (secondary N) is 2. The van der Waals surface area contributed by atoms with Crippen LogP contribution in [0.25, 0.3) is 0 Å². The van der Waals surface area contributed by atoms with Crippen molar-refractivity contribution < 1.29 is 9.47 Å². The fourth-order valence-electron chi connectivity index (χ4n) is 2.24. The van der Waals surface area contributed by atoms with Crippen molar-refractivity contribution in [1.29, 1.82) is 0 Å². The minimum absolute atomic E-state index is 0.572. The van der Waals surface area contributed by atoms with Crippen molar-refractivity contribution >= 4 is 5.96 Å². The Morgan fingerprint density at radius 2 is 1.88 bits per heavy atom. The average Bonchev–Trinajstić information content (AvgIpc) is 2.63. The summed E-state index contributed by atoms with van der Waals surface area (Å²) < 4.78 is 11.0. The Labute approximate surface area is 143 Å². The van der Waals surface area contributed by atoms with E-state index in [1.165, 1.54) is 0 Å². The van der Waals surface area contributed by atoms with Crippen molar-refractivity contribution in [1.82, 2.24) is 10.6 Å². The third kappa shape index (κ3) is 5.50. The zero-order valence-corrected chi connectivity index (χ0v) is 14.5. The first kappa shape index (κ1) is 17.7. The van der Waals surface area contributed by atoms with Crippen LogP contribution in [0.3, 0.4) is 0 Å². The SMILES string of the molecule is CN=C(NCCOc1ccccc1)NCc1ccc(C)c(OC)c1. The molecule has 0 spiro atoms. The zero-order valence-electron chi connectivity index (χ0n) is 14.5. The fraction of sp³-hybridized carbons (Fsp3) is 0.316. The van der Waals surface area contributed by atoms with E-state index < -0.39 is 0 Å². The Hall–Kier alpha value is -2.69. The van der Waals surface area contributed by atoms with Gasteiger partial charge in [0.1, 0.15) is 18.1 Å². The molecule has 0 amide bonds. The number of benzene rings is 2. The van der Waals surface area contributed by atoms with Gasteiger partial charge in [-0.05, 0) is 36.2 Å². The standard InChI is InChI=1S/C19H25N3O2/c1-15-9-10-16(13-18(15)23-3)14-22-19(20-2)21-11-12-24-17-7-5-4-6-8-17/h4-10,13H,11-12,14H2,1-3H3,(H2,20,21,22). The van der Waals surface area contributed by atoms with E-state index in [0.717, 1.165) is 28.6 Å². The van der Waals surface area contributed by atoms with E-state index in [1.807, 2.05) is 43.3 Å².